The lowest BCUT2D eigenvalue weighted by atomic mass is 10.1. The summed E-state index contributed by atoms with van der Waals surface area (Å²) in [6.45, 7) is 4.84. The van der Waals surface area contributed by atoms with Crippen LogP contribution in [0, 0.1) is 13.8 Å². The molecule has 2 aromatic heterocycles. The van der Waals surface area contributed by atoms with E-state index in [1.54, 1.807) is 0 Å². The first-order chi connectivity index (χ1) is 9.15. The number of nitrogen functional groups attached to an aromatic ring is 1. The molecule has 0 aliphatic rings. The zero-order chi connectivity index (χ0) is 13.4. The molecule has 19 heavy (non-hydrogen) atoms. The molecule has 4 heteroatoms. The lowest BCUT2D eigenvalue weighted by Crippen LogP contribution is -2.05. The molecule has 0 atom stereocenters. The second-order valence-corrected chi connectivity index (χ2v) is 4.85. The molecular weight excluding hydrogens is 236 g/mol. The van der Waals surface area contributed by atoms with E-state index in [4.69, 9.17) is 5.73 Å². The normalized spacial score (nSPS) is 11.1. The molecule has 2 heterocycles. The second-order valence-electron chi connectivity index (χ2n) is 4.85. The fourth-order valence-corrected chi connectivity index (χ4v) is 2.27. The predicted octanol–water partition coefficient (Wildman–Crippen LogP) is 2.68. The third-order valence-electron chi connectivity index (χ3n) is 3.40. The summed E-state index contributed by atoms with van der Waals surface area (Å²) in [5, 5.41) is 0. The number of imidazole rings is 1. The summed E-state index contributed by atoms with van der Waals surface area (Å²) in [4.78, 5) is 8.54. The molecule has 0 aliphatic carbocycles. The van der Waals surface area contributed by atoms with Crippen LogP contribution in [0.3, 0.4) is 0 Å². The minimum atomic E-state index is 0.553. The van der Waals surface area contributed by atoms with Crippen molar-refractivity contribution in [1.29, 1.82) is 0 Å². The van der Waals surface area contributed by atoms with Crippen LogP contribution in [0.2, 0.25) is 0 Å². The van der Waals surface area contributed by atoms with Crippen molar-refractivity contribution in [3.8, 4) is 0 Å². The van der Waals surface area contributed by atoms with Gasteiger partial charge in [0.05, 0.1) is 17.6 Å². The molecule has 3 aromatic rings. The Hall–Kier alpha value is -2.36. The molecule has 0 saturated carbocycles. The van der Waals surface area contributed by atoms with Gasteiger partial charge in [-0.15, -0.1) is 0 Å². The third-order valence-corrected chi connectivity index (χ3v) is 3.40. The lowest BCUT2D eigenvalue weighted by Gasteiger charge is -2.09. The Morgan fingerprint density at radius 1 is 1.21 bits per heavy atom. The molecule has 2 N–H and O–H groups in total. The first-order valence-corrected chi connectivity index (χ1v) is 6.27. The molecule has 0 spiro atoms. The minimum absolute atomic E-state index is 0.553. The number of aryl methyl sites for hydroxylation is 2. The van der Waals surface area contributed by atoms with Crippen LogP contribution in [0.1, 0.15) is 16.7 Å². The van der Waals surface area contributed by atoms with Crippen LogP contribution in [-0.2, 0) is 6.54 Å². The van der Waals surface area contributed by atoms with E-state index < -0.39 is 0 Å². The second kappa shape index (κ2) is 4.39. The fourth-order valence-electron chi connectivity index (χ4n) is 2.27. The highest BCUT2D eigenvalue weighted by molar-refractivity contribution is 5.79. The molecule has 1 aromatic carbocycles. The SMILES string of the molecule is Cc1ccc2c(c1)nc(N)n2Cc1ccncc1C. The Labute approximate surface area is 111 Å². The highest BCUT2D eigenvalue weighted by atomic mass is 15.1. The molecule has 0 fully saturated rings. The van der Waals surface area contributed by atoms with Crippen molar-refractivity contribution in [2.24, 2.45) is 0 Å². The molecular formula is C15H16N4. The molecule has 0 aliphatic heterocycles. The summed E-state index contributed by atoms with van der Waals surface area (Å²) in [5.41, 5.74) is 11.6. The van der Waals surface area contributed by atoms with Crippen LogP contribution in [0.5, 0.6) is 0 Å². The highest BCUT2D eigenvalue weighted by Gasteiger charge is 2.09. The number of hydrogen-bond acceptors (Lipinski definition) is 3. The summed E-state index contributed by atoms with van der Waals surface area (Å²) < 4.78 is 2.04. The summed E-state index contributed by atoms with van der Waals surface area (Å²) >= 11 is 0. The van der Waals surface area contributed by atoms with E-state index in [0.29, 0.717) is 5.95 Å². The average Bonchev–Trinajstić information content (AvgIpc) is 2.68. The number of rotatable bonds is 2. The van der Waals surface area contributed by atoms with Gasteiger partial charge >= 0.3 is 0 Å². The molecule has 96 valence electrons. The molecule has 0 unspecified atom stereocenters. The van der Waals surface area contributed by atoms with Gasteiger partial charge in [-0.2, -0.15) is 0 Å². The van der Waals surface area contributed by atoms with Gasteiger partial charge in [0, 0.05) is 12.4 Å². The maximum Gasteiger partial charge on any atom is 0.201 e. The number of nitrogens with two attached hydrogens (primary N) is 1. The van der Waals surface area contributed by atoms with Gasteiger partial charge in [-0.3, -0.25) is 4.98 Å². The summed E-state index contributed by atoms with van der Waals surface area (Å²) in [7, 11) is 0. The van der Waals surface area contributed by atoms with Crippen molar-refractivity contribution in [3.63, 3.8) is 0 Å². The first kappa shape index (κ1) is 11.7. The van der Waals surface area contributed by atoms with Crippen LogP contribution < -0.4 is 5.73 Å². The number of benzene rings is 1. The van der Waals surface area contributed by atoms with Crippen LogP contribution in [-0.4, -0.2) is 14.5 Å². The summed E-state index contributed by atoms with van der Waals surface area (Å²) in [6.07, 6.45) is 3.68. The van der Waals surface area contributed by atoms with Crippen molar-refractivity contribution in [2.45, 2.75) is 20.4 Å². The van der Waals surface area contributed by atoms with E-state index in [1.165, 1.54) is 11.1 Å². The Bertz CT molecular complexity index is 743. The number of nitrogens with zero attached hydrogens (tertiary/aromatic N) is 3. The van der Waals surface area contributed by atoms with E-state index >= 15 is 0 Å². The average molecular weight is 252 g/mol. The van der Waals surface area contributed by atoms with Gasteiger partial charge in [0.2, 0.25) is 5.95 Å². The van der Waals surface area contributed by atoms with Crippen molar-refractivity contribution in [1.82, 2.24) is 14.5 Å². The van der Waals surface area contributed by atoms with Crippen LogP contribution in [0.4, 0.5) is 5.95 Å². The van der Waals surface area contributed by atoms with E-state index in [2.05, 4.69) is 42.0 Å². The standard InChI is InChI=1S/C15H16N4/c1-10-3-4-14-13(7-10)18-15(16)19(14)9-12-5-6-17-8-11(12)2/h3-8H,9H2,1-2H3,(H2,16,18). The van der Waals surface area contributed by atoms with Crippen molar-refractivity contribution in [3.05, 3.63) is 53.3 Å². The van der Waals surface area contributed by atoms with Crippen molar-refractivity contribution >= 4 is 17.0 Å². The van der Waals surface area contributed by atoms with Gasteiger partial charge in [0.15, 0.2) is 0 Å². The maximum absolute atomic E-state index is 6.04. The maximum atomic E-state index is 6.04. The minimum Gasteiger partial charge on any atom is -0.369 e. The smallest absolute Gasteiger partial charge is 0.201 e. The zero-order valence-corrected chi connectivity index (χ0v) is 11.1. The lowest BCUT2D eigenvalue weighted by molar-refractivity contribution is 0.829. The molecule has 0 radical (unpaired) electrons. The van der Waals surface area contributed by atoms with E-state index in [0.717, 1.165) is 23.1 Å². The largest absolute Gasteiger partial charge is 0.369 e. The van der Waals surface area contributed by atoms with E-state index in [-0.39, 0.29) is 0 Å². The van der Waals surface area contributed by atoms with E-state index in [9.17, 15) is 0 Å². The molecule has 0 amide bonds. The predicted molar refractivity (Wildman–Crippen MR) is 77.0 cm³/mol. The Morgan fingerprint density at radius 3 is 2.84 bits per heavy atom. The number of aromatic nitrogens is 3. The van der Waals surface area contributed by atoms with Gasteiger partial charge in [-0.25, -0.2) is 4.98 Å². The Morgan fingerprint density at radius 2 is 2.05 bits per heavy atom. The topological polar surface area (TPSA) is 56.7 Å². The molecule has 4 nitrogen and oxygen atoms in total. The Kier molecular flexibility index (Phi) is 2.71. The molecule has 3 rings (SSSR count). The summed E-state index contributed by atoms with van der Waals surface area (Å²) in [5.74, 6) is 0.553. The van der Waals surface area contributed by atoms with Gasteiger partial charge < -0.3 is 10.3 Å². The quantitative estimate of drug-likeness (QED) is 0.763. The van der Waals surface area contributed by atoms with Gasteiger partial charge in [0.1, 0.15) is 0 Å². The highest BCUT2D eigenvalue weighted by Crippen LogP contribution is 2.21. The molecule has 0 bridgehead atoms. The number of hydrogen-bond donors (Lipinski definition) is 1. The molecule has 0 saturated heterocycles. The summed E-state index contributed by atoms with van der Waals surface area (Å²) in [6, 6.07) is 8.24. The van der Waals surface area contributed by atoms with Crippen LogP contribution >= 0.6 is 0 Å². The third kappa shape index (κ3) is 2.05. The van der Waals surface area contributed by atoms with Crippen LogP contribution in [0.25, 0.3) is 11.0 Å². The number of anilines is 1. The van der Waals surface area contributed by atoms with Crippen molar-refractivity contribution in [2.75, 3.05) is 5.73 Å². The van der Waals surface area contributed by atoms with Crippen LogP contribution in [0.15, 0.2) is 36.7 Å². The first-order valence-electron chi connectivity index (χ1n) is 6.27. The monoisotopic (exact) mass is 252 g/mol. The number of fused-ring (bicyclic) bond motifs is 1. The zero-order valence-electron chi connectivity index (χ0n) is 11.1. The fraction of sp³-hybridized carbons (Fsp3) is 0.200. The number of pyridine rings is 1. The van der Waals surface area contributed by atoms with Gasteiger partial charge in [0.25, 0.3) is 0 Å². The van der Waals surface area contributed by atoms with Crippen molar-refractivity contribution < 1.29 is 0 Å². The van der Waals surface area contributed by atoms with E-state index in [1.807, 2.05) is 23.0 Å². The van der Waals surface area contributed by atoms with Gasteiger partial charge in [-0.1, -0.05) is 6.07 Å². The van der Waals surface area contributed by atoms with Gasteiger partial charge in [-0.05, 0) is 48.7 Å². The Balaban J connectivity index is 2.10.